The van der Waals surface area contributed by atoms with E-state index < -0.39 is 0 Å². The summed E-state index contributed by atoms with van der Waals surface area (Å²) in [5, 5.41) is 9.21. The second-order valence-corrected chi connectivity index (χ2v) is 5.05. The fourth-order valence-electron chi connectivity index (χ4n) is 2.15. The molecule has 1 aliphatic carbocycles. The van der Waals surface area contributed by atoms with Gasteiger partial charge in [0.05, 0.1) is 17.3 Å². The Balaban J connectivity index is 2.11. The number of nitriles is 1. The third kappa shape index (κ3) is 2.74. The van der Waals surface area contributed by atoms with Crippen LogP contribution >= 0.6 is 11.6 Å². The van der Waals surface area contributed by atoms with E-state index in [1.165, 1.54) is 0 Å². The van der Waals surface area contributed by atoms with Crippen LogP contribution in [0.3, 0.4) is 0 Å². The van der Waals surface area contributed by atoms with Crippen LogP contribution < -0.4 is 10.5 Å². The molecule has 0 radical (unpaired) electrons. The fraction of sp³-hybridized carbons (Fsp3) is 0.538. The van der Waals surface area contributed by atoms with Crippen molar-refractivity contribution in [1.29, 1.82) is 5.26 Å². The molecule has 1 aliphatic rings. The summed E-state index contributed by atoms with van der Waals surface area (Å²) in [5.41, 5.74) is 6.88. The lowest BCUT2D eigenvalue weighted by Gasteiger charge is -2.27. The van der Waals surface area contributed by atoms with Gasteiger partial charge in [-0.2, -0.15) is 5.26 Å². The Labute approximate surface area is 112 Å². The number of aromatic nitrogens is 1. The van der Waals surface area contributed by atoms with Crippen molar-refractivity contribution in [3.05, 3.63) is 22.5 Å². The van der Waals surface area contributed by atoms with Gasteiger partial charge in [0.25, 0.3) is 0 Å². The topological polar surface area (TPSA) is 71.9 Å². The van der Waals surface area contributed by atoms with Gasteiger partial charge in [0.2, 0.25) is 0 Å². The van der Waals surface area contributed by atoms with E-state index in [-0.39, 0.29) is 11.8 Å². The summed E-state index contributed by atoms with van der Waals surface area (Å²) < 4.78 is 5.90. The molecule has 0 unspecified atom stereocenters. The molecular weight excluding hydrogens is 250 g/mol. The first-order chi connectivity index (χ1) is 8.61. The number of nitrogens with zero attached hydrogens (tertiary/aromatic N) is 2. The van der Waals surface area contributed by atoms with Crippen molar-refractivity contribution in [2.75, 3.05) is 0 Å². The molecule has 0 amide bonds. The van der Waals surface area contributed by atoms with E-state index in [0.29, 0.717) is 16.8 Å². The maximum Gasteiger partial charge on any atom is 0.159 e. The summed E-state index contributed by atoms with van der Waals surface area (Å²) in [4.78, 5) is 4.00. The Morgan fingerprint density at radius 3 is 2.72 bits per heavy atom. The number of hydrogen-bond donors (Lipinski definition) is 1. The lowest BCUT2D eigenvalue weighted by Crippen LogP contribution is -2.31. The molecule has 5 heteroatoms. The van der Waals surface area contributed by atoms with Crippen LogP contribution in [0.1, 0.15) is 36.9 Å². The number of nitrogens with two attached hydrogens (primary N) is 1. The molecule has 18 heavy (non-hydrogen) atoms. The van der Waals surface area contributed by atoms with E-state index in [1.54, 1.807) is 6.20 Å². The van der Waals surface area contributed by atoms with Crippen LogP contribution in [-0.2, 0) is 0 Å². The molecule has 1 aromatic heterocycles. The number of halogens is 1. The predicted molar refractivity (Wildman–Crippen MR) is 69.6 cm³/mol. The van der Waals surface area contributed by atoms with E-state index in [2.05, 4.69) is 4.98 Å². The third-order valence-electron chi connectivity index (χ3n) is 3.34. The van der Waals surface area contributed by atoms with Crippen molar-refractivity contribution in [1.82, 2.24) is 4.98 Å². The van der Waals surface area contributed by atoms with Crippen molar-refractivity contribution in [2.45, 2.75) is 44.8 Å². The van der Waals surface area contributed by atoms with E-state index in [1.807, 2.05) is 13.0 Å². The molecule has 0 bridgehead atoms. The lowest BCUT2D eigenvalue weighted by molar-refractivity contribution is 0.145. The molecule has 0 spiro atoms. The smallest absolute Gasteiger partial charge is 0.159 e. The minimum absolute atomic E-state index is 0.175. The summed E-state index contributed by atoms with van der Waals surface area (Å²) in [7, 11) is 0. The quantitative estimate of drug-likeness (QED) is 0.892. The standard InChI is InChI=1S/C13H16ClN3O/c1-8-12(7-17-11(6-15)13(8)14)18-10-4-2-9(16)3-5-10/h7,9-10H,2-5,16H2,1H3. The molecule has 96 valence electrons. The molecule has 0 aliphatic heterocycles. The monoisotopic (exact) mass is 265 g/mol. The van der Waals surface area contributed by atoms with Gasteiger partial charge in [-0.3, -0.25) is 0 Å². The van der Waals surface area contributed by atoms with Crippen LogP contribution in [0.4, 0.5) is 0 Å². The Hall–Kier alpha value is -1.31. The highest BCUT2D eigenvalue weighted by atomic mass is 35.5. The normalized spacial score (nSPS) is 23.4. The highest BCUT2D eigenvalue weighted by Gasteiger charge is 2.21. The summed E-state index contributed by atoms with van der Waals surface area (Å²) in [6.45, 7) is 1.84. The Morgan fingerprint density at radius 1 is 1.44 bits per heavy atom. The first kappa shape index (κ1) is 13.1. The Kier molecular flexibility index (Phi) is 4.05. The average molecular weight is 266 g/mol. The first-order valence-electron chi connectivity index (χ1n) is 6.09. The molecule has 1 fully saturated rings. The van der Waals surface area contributed by atoms with Crippen LogP contribution in [-0.4, -0.2) is 17.1 Å². The molecule has 0 saturated heterocycles. The van der Waals surface area contributed by atoms with Gasteiger partial charge < -0.3 is 10.5 Å². The van der Waals surface area contributed by atoms with Crippen LogP contribution in [0.15, 0.2) is 6.20 Å². The SMILES string of the molecule is Cc1c(OC2CCC(N)CC2)cnc(C#N)c1Cl. The van der Waals surface area contributed by atoms with E-state index in [9.17, 15) is 0 Å². The van der Waals surface area contributed by atoms with Crippen molar-refractivity contribution in [3.63, 3.8) is 0 Å². The molecule has 0 aromatic carbocycles. The highest BCUT2D eigenvalue weighted by Crippen LogP contribution is 2.30. The number of rotatable bonds is 2. The van der Waals surface area contributed by atoms with Gasteiger partial charge in [0.1, 0.15) is 11.8 Å². The summed E-state index contributed by atoms with van der Waals surface area (Å²) in [6.07, 6.45) is 5.64. The highest BCUT2D eigenvalue weighted by molar-refractivity contribution is 6.32. The number of pyridine rings is 1. The Bertz CT molecular complexity index is 476. The second-order valence-electron chi connectivity index (χ2n) is 4.68. The maximum atomic E-state index is 8.83. The van der Waals surface area contributed by atoms with Gasteiger partial charge in [0.15, 0.2) is 5.69 Å². The van der Waals surface area contributed by atoms with Crippen molar-refractivity contribution in [2.24, 2.45) is 5.73 Å². The maximum absolute atomic E-state index is 8.83. The zero-order chi connectivity index (χ0) is 13.1. The summed E-state index contributed by atoms with van der Waals surface area (Å²) in [5.74, 6) is 0.666. The van der Waals surface area contributed by atoms with E-state index >= 15 is 0 Å². The van der Waals surface area contributed by atoms with Crippen LogP contribution in [0.2, 0.25) is 5.02 Å². The molecule has 4 nitrogen and oxygen atoms in total. The molecular formula is C13H16ClN3O. The zero-order valence-corrected chi connectivity index (χ0v) is 11.1. The Morgan fingerprint density at radius 2 is 2.11 bits per heavy atom. The summed E-state index contributed by atoms with van der Waals surface area (Å²) >= 11 is 6.05. The number of ether oxygens (including phenoxy) is 1. The van der Waals surface area contributed by atoms with Gasteiger partial charge in [-0.25, -0.2) is 4.98 Å². The van der Waals surface area contributed by atoms with E-state index in [4.69, 9.17) is 27.3 Å². The number of hydrogen-bond acceptors (Lipinski definition) is 4. The largest absolute Gasteiger partial charge is 0.488 e. The minimum Gasteiger partial charge on any atom is -0.488 e. The van der Waals surface area contributed by atoms with Crippen LogP contribution in [0.5, 0.6) is 5.75 Å². The lowest BCUT2D eigenvalue weighted by atomic mass is 9.94. The molecule has 2 N–H and O–H groups in total. The van der Waals surface area contributed by atoms with Crippen molar-refractivity contribution >= 4 is 11.6 Å². The first-order valence-corrected chi connectivity index (χ1v) is 6.47. The van der Waals surface area contributed by atoms with E-state index in [0.717, 1.165) is 31.2 Å². The fourth-order valence-corrected chi connectivity index (χ4v) is 2.33. The van der Waals surface area contributed by atoms with Crippen molar-refractivity contribution < 1.29 is 4.74 Å². The molecule has 1 saturated carbocycles. The minimum atomic E-state index is 0.175. The van der Waals surface area contributed by atoms with Gasteiger partial charge in [-0.1, -0.05) is 11.6 Å². The van der Waals surface area contributed by atoms with Crippen molar-refractivity contribution in [3.8, 4) is 11.8 Å². The zero-order valence-electron chi connectivity index (χ0n) is 10.3. The van der Waals surface area contributed by atoms with Gasteiger partial charge in [-0.15, -0.1) is 0 Å². The van der Waals surface area contributed by atoms with Gasteiger partial charge in [0, 0.05) is 11.6 Å². The molecule has 1 heterocycles. The average Bonchev–Trinajstić information content (AvgIpc) is 2.38. The second kappa shape index (κ2) is 5.55. The molecule has 0 atom stereocenters. The van der Waals surface area contributed by atoms with Gasteiger partial charge in [-0.05, 0) is 32.6 Å². The van der Waals surface area contributed by atoms with Gasteiger partial charge >= 0.3 is 0 Å². The van der Waals surface area contributed by atoms with Crippen LogP contribution in [0.25, 0.3) is 0 Å². The van der Waals surface area contributed by atoms with Crippen LogP contribution in [0, 0.1) is 18.3 Å². The third-order valence-corrected chi connectivity index (χ3v) is 3.80. The predicted octanol–water partition coefficient (Wildman–Crippen LogP) is 2.56. The molecule has 2 rings (SSSR count). The molecule has 1 aromatic rings. The summed E-state index contributed by atoms with van der Waals surface area (Å²) in [6, 6.07) is 2.26.